The molecule has 0 amide bonds. The Morgan fingerprint density at radius 2 is 1.95 bits per heavy atom. The Bertz CT molecular complexity index is 597. The predicted octanol–water partition coefficient (Wildman–Crippen LogP) is 2.56. The van der Waals surface area contributed by atoms with Gasteiger partial charge in [0.2, 0.25) is 0 Å². The van der Waals surface area contributed by atoms with Crippen LogP contribution in [0.4, 0.5) is 4.39 Å². The van der Waals surface area contributed by atoms with Crippen LogP contribution in [0.15, 0.2) is 23.1 Å². The van der Waals surface area contributed by atoms with Crippen molar-refractivity contribution in [3.8, 4) is 0 Å². The summed E-state index contributed by atoms with van der Waals surface area (Å²) >= 11 is 0. The van der Waals surface area contributed by atoms with Crippen LogP contribution < -0.4 is 5.73 Å². The average Bonchev–Trinajstić information content (AvgIpc) is 2.48. The average molecular weight is 329 g/mol. The fourth-order valence-electron chi connectivity index (χ4n) is 3.04. The molecule has 0 bridgehead atoms. The van der Waals surface area contributed by atoms with E-state index in [1.54, 1.807) is 0 Å². The molecule has 1 aliphatic carbocycles. The van der Waals surface area contributed by atoms with Crippen molar-refractivity contribution < 1.29 is 17.9 Å². The first-order chi connectivity index (χ1) is 10.4. The third-order valence-corrected chi connectivity index (χ3v) is 6.19. The van der Waals surface area contributed by atoms with Crippen molar-refractivity contribution in [2.24, 2.45) is 11.7 Å². The summed E-state index contributed by atoms with van der Waals surface area (Å²) < 4.78 is 38.8. The molecule has 1 atom stereocenters. The lowest BCUT2D eigenvalue weighted by Crippen LogP contribution is -2.19. The van der Waals surface area contributed by atoms with Gasteiger partial charge in [-0.1, -0.05) is 19.3 Å². The fraction of sp³-hybridized carbons (Fsp3) is 0.625. The Hall–Kier alpha value is -0.980. The zero-order valence-corrected chi connectivity index (χ0v) is 13.5. The molecule has 1 saturated carbocycles. The summed E-state index contributed by atoms with van der Waals surface area (Å²) in [5.41, 5.74) is 5.37. The van der Waals surface area contributed by atoms with Crippen LogP contribution in [0.25, 0.3) is 0 Å². The Morgan fingerprint density at radius 1 is 1.27 bits per heavy atom. The molecule has 0 heterocycles. The van der Waals surface area contributed by atoms with E-state index in [2.05, 4.69) is 0 Å². The number of aliphatic hydroxyl groups is 1. The van der Waals surface area contributed by atoms with E-state index in [-0.39, 0.29) is 35.1 Å². The summed E-state index contributed by atoms with van der Waals surface area (Å²) in [5, 5.41) is 9.90. The van der Waals surface area contributed by atoms with E-state index in [9.17, 15) is 17.9 Å². The molecule has 1 aromatic carbocycles. The van der Waals surface area contributed by atoms with Crippen molar-refractivity contribution in [1.82, 2.24) is 0 Å². The number of hydrogen-bond donors (Lipinski definition) is 2. The Kier molecular flexibility index (Phi) is 5.94. The highest BCUT2D eigenvalue weighted by Crippen LogP contribution is 2.29. The topological polar surface area (TPSA) is 80.4 Å². The molecular formula is C16H24FNO3S. The van der Waals surface area contributed by atoms with Crippen LogP contribution in [-0.2, 0) is 9.84 Å². The van der Waals surface area contributed by atoms with E-state index < -0.39 is 21.8 Å². The molecule has 0 radical (unpaired) electrons. The molecule has 0 saturated heterocycles. The highest BCUT2D eigenvalue weighted by molar-refractivity contribution is 7.91. The maximum atomic E-state index is 13.8. The van der Waals surface area contributed by atoms with Crippen molar-refractivity contribution in [3.63, 3.8) is 0 Å². The summed E-state index contributed by atoms with van der Waals surface area (Å²) in [6.07, 6.45) is 4.31. The second-order valence-electron chi connectivity index (χ2n) is 6.06. The van der Waals surface area contributed by atoms with Crippen molar-refractivity contribution in [2.45, 2.75) is 49.5 Å². The minimum atomic E-state index is -3.46. The zero-order chi connectivity index (χ0) is 16.2. The summed E-state index contributed by atoms with van der Waals surface area (Å²) in [6, 6.07) is 3.66. The molecule has 4 nitrogen and oxygen atoms in total. The second kappa shape index (κ2) is 7.53. The Morgan fingerprint density at radius 3 is 2.59 bits per heavy atom. The third-order valence-electron chi connectivity index (χ3n) is 4.31. The highest BCUT2D eigenvalue weighted by Gasteiger charge is 2.24. The number of hydrogen-bond acceptors (Lipinski definition) is 4. The number of nitrogens with two attached hydrogens (primary N) is 1. The molecule has 0 aliphatic heterocycles. The van der Waals surface area contributed by atoms with E-state index in [4.69, 9.17) is 5.73 Å². The maximum absolute atomic E-state index is 13.8. The van der Waals surface area contributed by atoms with Gasteiger partial charge in [0, 0.05) is 5.56 Å². The third kappa shape index (κ3) is 4.27. The first kappa shape index (κ1) is 17.4. The maximum Gasteiger partial charge on any atom is 0.178 e. The molecular weight excluding hydrogens is 305 g/mol. The van der Waals surface area contributed by atoms with Crippen LogP contribution >= 0.6 is 0 Å². The molecule has 0 spiro atoms. The fourth-order valence-corrected chi connectivity index (χ4v) is 4.77. The van der Waals surface area contributed by atoms with E-state index >= 15 is 0 Å². The lowest BCUT2D eigenvalue weighted by Gasteiger charge is -2.21. The number of benzene rings is 1. The first-order valence-corrected chi connectivity index (χ1v) is 9.49. The number of halogens is 1. The summed E-state index contributed by atoms with van der Waals surface area (Å²) in [4.78, 5) is 0.0885. The van der Waals surface area contributed by atoms with E-state index in [0.29, 0.717) is 0 Å². The molecule has 6 heteroatoms. The molecule has 124 valence electrons. The molecule has 3 N–H and O–H groups in total. The van der Waals surface area contributed by atoms with Gasteiger partial charge in [-0.2, -0.15) is 0 Å². The van der Waals surface area contributed by atoms with Gasteiger partial charge in [-0.15, -0.1) is 0 Å². The molecule has 0 aromatic heterocycles. The van der Waals surface area contributed by atoms with Gasteiger partial charge in [0.15, 0.2) is 9.84 Å². The van der Waals surface area contributed by atoms with Crippen molar-refractivity contribution in [2.75, 3.05) is 12.3 Å². The molecule has 1 aliphatic rings. The quantitative estimate of drug-likeness (QED) is 0.786. The monoisotopic (exact) mass is 329 g/mol. The van der Waals surface area contributed by atoms with Crippen LogP contribution in [-0.4, -0.2) is 25.8 Å². The molecule has 1 unspecified atom stereocenters. The molecule has 2 rings (SSSR count). The van der Waals surface area contributed by atoms with Gasteiger partial charge < -0.3 is 10.8 Å². The first-order valence-electron chi connectivity index (χ1n) is 7.84. The van der Waals surface area contributed by atoms with Crippen LogP contribution in [0.3, 0.4) is 0 Å². The van der Waals surface area contributed by atoms with Gasteiger partial charge in [0.25, 0.3) is 0 Å². The Balaban J connectivity index is 2.21. The normalized spacial score (nSPS) is 18.3. The smallest absolute Gasteiger partial charge is 0.178 e. The minimum absolute atomic E-state index is 0.00942. The van der Waals surface area contributed by atoms with E-state index in [0.717, 1.165) is 31.7 Å². The van der Waals surface area contributed by atoms with Crippen LogP contribution in [0, 0.1) is 11.7 Å². The largest absolute Gasteiger partial charge is 0.388 e. The van der Waals surface area contributed by atoms with Crippen molar-refractivity contribution in [1.29, 1.82) is 0 Å². The van der Waals surface area contributed by atoms with Gasteiger partial charge in [0.1, 0.15) is 5.82 Å². The standard InChI is InChI=1S/C16H24FNO3S/c17-15-7-6-13(10-14(15)16(19)8-9-18)22(20,21)11-12-4-2-1-3-5-12/h6-7,10,12,16,19H,1-5,8-9,11,18H2. The highest BCUT2D eigenvalue weighted by atomic mass is 32.2. The lowest BCUT2D eigenvalue weighted by atomic mass is 9.91. The SMILES string of the molecule is NCCC(O)c1cc(S(=O)(=O)CC2CCCCC2)ccc1F. The summed E-state index contributed by atoms with van der Waals surface area (Å²) in [7, 11) is -3.46. The van der Waals surface area contributed by atoms with Gasteiger partial charge >= 0.3 is 0 Å². The minimum Gasteiger partial charge on any atom is -0.388 e. The van der Waals surface area contributed by atoms with E-state index in [1.165, 1.54) is 18.6 Å². The van der Waals surface area contributed by atoms with Crippen LogP contribution in [0.2, 0.25) is 0 Å². The lowest BCUT2D eigenvalue weighted by molar-refractivity contribution is 0.165. The van der Waals surface area contributed by atoms with Crippen LogP contribution in [0.5, 0.6) is 0 Å². The predicted molar refractivity (Wildman–Crippen MR) is 83.7 cm³/mol. The van der Waals surface area contributed by atoms with Gasteiger partial charge in [-0.05, 0) is 49.9 Å². The van der Waals surface area contributed by atoms with Crippen molar-refractivity contribution in [3.05, 3.63) is 29.6 Å². The van der Waals surface area contributed by atoms with Gasteiger partial charge in [0.05, 0.1) is 16.8 Å². The van der Waals surface area contributed by atoms with Crippen molar-refractivity contribution >= 4 is 9.84 Å². The van der Waals surface area contributed by atoms with Gasteiger partial charge in [-0.25, -0.2) is 12.8 Å². The Labute approximate surface area is 131 Å². The number of rotatable bonds is 6. The summed E-state index contributed by atoms with van der Waals surface area (Å²) in [5.74, 6) is -0.316. The second-order valence-corrected chi connectivity index (χ2v) is 8.10. The zero-order valence-electron chi connectivity index (χ0n) is 12.7. The molecule has 22 heavy (non-hydrogen) atoms. The van der Waals surface area contributed by atoms with Gasteiger partial charge in [-0.3, -0.25) is 0 Å². The number of aliphatic hydroxyl groups excluding tert-OH is 1. The molecule has 1 aromatic rings. The van der Waals surface area contributed by atoms with E-state index in [1.807, 2.05) is 0 Å². The number of sulfone groups is 1. The molecule has 1 fully saturated rings. The summed E-state index contributed by atoms with van der Waals surface area (Å²) in [6.45, 7) is 0.208. The van der Waals surface area contributed by atoms with Crippen LogP contribution in [0.1, 0.15) is 50.2 Å².